The highest BCUT2D eigenvalue weighted by molar-refractivity contribution is 5.82. The molecule has 3 rings (SSSR count). The van der Waals surface area contributed by atoms with Crippen LogP contribution in [0.25, 0.3) is 0 Å². The van der Waals surface area contributed by atoms with E-state index in [0.717, 1.165) is 24.8 Å². The van der Waals surface area contributed by atoms with E-state index in [1.807, 2.05) is 44.2 Å². The first-order chi connectivity index (χ1) is 12.1. The molecule has 1 aromatic carbocycles. The van der Waals surface area contributed by atoms with Gasteiger partial charge in [-0.1, -0.05) is 43.2 Å². The molecule has 1 amide bonds. The van der Waals surface area contributed by atoms with E-state index in [0.29, 0.717) is 12.3 Å². The smallest absolute Gasteiger partial charge is 0.411 e. The third-order valence-electron chi connectivity index (χ3n) is 5.13. The van der Waals surface area contributed by atoms with Crippen molar-refractivity contribution < 1.29 is 19.1 Å². The Kier molecular flexibility index (Phi) is 5.61. The summed E-state index contributed by atoms with van der Waals surface area (Å²) in [7, 11) is 0. The molecule has 3 atom stereocenters. The predicted octanol–water partition coefficient (Wildman–Crippen LogP) is 3.91. The zero-order valence-electron chi connectivity index (χ0n) is 15.0. The van der Waals surface area contributed by atoms with Crippen molar-refractivity contribution in [2.24, 2.45) is 5.92 Å². The van der Waals surface area contributed by atoms with Gasteiger partial charge in [-0.05, 0) is 44.6 Å². The van der Waals surface area contributed by atoms with E-state index in [1.54, 1.807) is 4.90 Å². The molecule has 1 aliphatic carbocycles. The maximum absolute atomic E-state index is 12.8. The summed E-state index contributed by atoms with van der Waals surface area (Å²) in [6, 6.07) is 9.19. The van der Waals surface area contributed by atoms with Crippen LogP contribution < -0.4 is 0 Å². The third-order valence-corrected chi connectivity index (χ3v) is 5.13. The van der Waals surface area contributed by atoms with Gasteiger partial charge in [0.2, 0.25) is 0 Å². The summed E-state index contributed by atoms with van der Waals surface area (Å²) in [4.78, 5) is 27.0. The van der Waals surface area contributed by atoms with Crippen LogP contribution >= 0.6 is 0 Å². The van der Waals surface area contributed by atoms with Gasteiger partial charge in [0.05, 0.1) is 6.10 Å². The Morgan fingerprint density at radius 3 is 2.60 bits per heavy atom. The molecule has 5 heteroatoms. The molecular formula is C20H27NO4. The molecule has 136 valence electrons. The van der Waals surface area contributed by atoms with Gasteiger partial charge in [0.1, 0.15) is 12.6 Å². The number of esters is 1. The first-order valence-corrected chi connectivity index (χ1v) is 9.25. The summed E-state index contributed by atoms with van der Waals surface area (Å²) in [5.74, 6) is 0.0730. The van der Waals surface area contributed by atoms with Crippen LogP contribution in [0.3, 0.4) is 0 Å². The summed E-state index contributed by atoms with van der Waals surface area (Å²) < 4.78 is 10.9. The van der Waals surface area contributed by atoms with Gasteiger partial charge in [0.15, 0.2) is 0 Å². The van der Waals surface area contributed by atoms with Crippen molar-refractivity contribution in [3.63, 3.8) is 0 Å². The fraction of sp³-hybridized carbons (Fsp3) is 0.600. The molecule has 2 aliphatic rings. The maximum Gasteiger partial charge on any atom is 0.411 e. The molecule has 1 aliphatic heterocycles. The Hall–Kier alpha value is -2.04. The fourth-order valence-corrected chi connectivity index (χ4v) is 4.04. The molecule has 0 bridgehead atoms. The molecule has 3 unspecified atom stereocenters. The Labute approximate surface area is 149 Å². The van der Waals surface area contributed by atoms with Gasteiger partial charge >= 0.3 is 12.1 Å². The van der Waals surface area contributed by atoms with Crippen molar-refractivity contribution in [1.29, 1.82) is 0 Å². The van der Waals surface area contributed by atoms with Gasteiger partial charge in [-0.25, -0.2) is 9.59 Å². The topological polar surface area (TPSA) is 55.8 Å². The monoisotopic (exact) mass is 345 g/mol. The molecule has 1 aromatic rings. The van der Waals surface area contributed by atoms with E-state index in [2.05, 4.69) is 0 Å². The first-order valence-electron chi connectivity index (χ1n) is 9.25. The van der Waals surface area contributed by atoms with Gasteiger partial charge in [-0.2, -0.15) is 0 Å². The van der Waals surface area contributed by atoms with Crippen LogP contribution in [0.2, 0.25) is 0 Å². The molecule has 0 N–H and O–H groups in total. The summed E-state index contributed by atoms with van der Waals surface area (Å²) in [5, 5.41) is 0. The minimum atomic E-state index is -0.515. The van der Waals surface area contributed by atoms with Crippen molar-refractivity contribution in [3.05, 3.63) is 35.9 Å². The fourth-order valence-electron chi connectivity index (χ4n) is 4.04. The molecule has 5 nitrogen and oxygen atoms in total. The quantitative estimate of drug-likeness (QED) is 0.777. The number of benzene rings is 1. The summed E-state index contributed by atoms with van der Waals surface area (Å²) in [6.45, 7) is 3.88. The molecule has 1 saturated carbocycles. The highest BCUT2D eigenvalue weighted by Gasteiger charge is 2.49. The van der Waals surface area contributed by atoms with E-state index in [-0.39, 0.29) is 24.7 Å². The van der Waals surface area contributed by atoms with Crippen molar-refractivity contribution in [2.45, 2.75) is 70.7 Å². The van der Waals surface area contributed by atoms with Crippen LogP contribution in [0, 0.1) is 5.92 Å². The lowest BCUT2D eigenvalue weighted by Gasteiger charge is -2.32. The Bertz CT molecular complexity index is 601. The van der Waals surface area contributed by atoms with Gasteiger partial charge in [0, 0.05) is 6.04 Å². The van der Waals surface area contributed by atoms with Gasteiger partial charge in [-0.15, -0.1) is 0 Å². The largest absolute Gasteiger partial charge is 0.461 e. The SMILES string of the molecule is CC(C)OC(=O)C1CC2CCCCC2N1C(=O)OCc1ccccc1. The second-order valence-electron chi connectivity index (χ2n) is 7.30. The number of hydrogen-bond donors (Lipinski definition) is 0. The van der Waals surface area contributed by atoms with Gasteiger partial charge in [0.25, 0.3) is 0 Å². The normalized spacial score (nSPS) is 25.6. The van der Waals surface area contributed by atoms with E-state index in [1.165, 1.54) is 6.42 Å². The average molecular weight is 345 g/mol. The molecule has 25 heavy (non-hydrogen) atoms. The Balaban J connectivity index is 1.71. The standard InChI is InChI=1S/C20H27NO4/c1-14(2)25-19(22)18-12-16-10-6-7-11-17(16)21(18)20(23)24-13-15-8-4-3-5-9-15/h3-5,8-9,14,16-18H,6-7,10-13H2,1-2H3. The summed E-state index contributed by atoms with van der Waals surface area (Å²) in [5.41, 5.74) is 0.941. The molecule has 1 heterocycles. The van der Waals surface area contributed by atoms with E-state index in [4.69, 9.17) is 9.47 Å². The van der Waals surface area contributed by atoms with Crippen LogP contribution in [-0.4, -0.2) is 35.2 Å². The molecular weight excluding hydrogens is 318 g/mol. The molecule has 0 aromatic heterocycles. The average Bonchev–Trinajstić information content (AvgIpc) is 3.00. The summed E-state index contributed by atoms with van der Waals surface area (Å²) >= 11 is 0. The first kappa shape index (κ1) is 17.8. The zero-order chi connectivity index (χ0) is 17.8. The van der Waals surface area contributed by atoms with Crippen LogP contribution in [0.4, 0.5) is 4.79 Å². The molecule has 2 fully saturated rings. The van der Waals surface area contributed by atoms with E-state index >= 15 is 0 Å². The molecule has 0 spiro atoms. The number of amides is 1. The number of hydrogen-bond acceptors (Lipinski definition) is 4. The van der Waals surface area contributed by atoms with Crippen molar-refractivity contribution in [3.8, 4) is 0 Å². The van der Waals surface area contributed by atoms with Crippen molar-refractivity contribution in [2.75, 3.05) is 0 Å². The lowest BCUT2D eigenvalue weighted by Crippen LogP contribution is -2.47. The third kappa shape index (κ3) is 4.14. The maximum atomic E-state index is 12.8. The minimum absolute atomic E-state index is 0.0988. The molecule has 1 saturated heterocycles. The highest BCUT2D eigenvalue weighted by Crippen LogP contribution is 2.40. The van der Waals surface area contributed by atoms with Crippen molar-refractivity contribution in [1.82, 2.24) is 4.90 Å². The lowest BCUT2D eigenvalue weighted by molar-refractivity contribution is -0.152. The van der Waals surface area contributed by atoms with Crippen LogP contribution in [0.5, 0.6) is 0 Å². The Morgan fingerprint density at radius 2 is 1.88 bits per heavy atom. The second-order valence-corrected chi connectivity index (χ2v) is 7.30. The number of likely N-dealkylation sites (tertiary alicyclic amines) is 1. The Morgan fingerprint density at radius 1 is 1.16 bits per heavy atom. The minimum Gasteiger partial charge on any atom is -0.461 e. The number of rotatable bonds is 4. The molecule has 0 radical (unpaired) electrons. The number of nitrogens with zero attached hydrogens (tertiary/aromatic N) is 1. The number of carbonyl (C=O) groups excluding carboxylic acids is 2. The number of carbonyl (C=O) groups is 2. The van der Waals surface area contributed by atoms with E-state index in [9.17, 15) is 9.59 Å². The lowest BCUT2D eigenvalue weighted by atomic mass is 9.85. The van der Waals surface area contributed by atoms with Crippen LogP contribution in [0.15, 0.2) is 30.3 Å². The predicted molar refractivity (Wildman–Crippen MR) is 93.8 cm³/mol. The second kappa shape index (κ2) is 7.89. The van der Waals surface area contributed by atoms with Crippen LogP contribution in [-0.2, 0) is 20.9 Å². The van der Waals surface area contributed by atoms with Crippen LogP contribution in [0.1, 0.15) is 51.5 Å². The van der Waals surface area contributed by atoms with Gasteiger partial charge < -0.3 is 9.47 Å². The summed E-state index contributed by atoms with van der Waals surface area (Å²) in [6.07, 6.45) is 4.38. The number of fused-ring (bicyclic) bond motifs is 1. The van der Waals surface area contributed by atoms with E-state index < -0.39 is 12.1 Å². The zero-order valence-corrected chi connectivity index (χ0v) is 15.0. The van der Waals surface area contributed by atoms with Crippen molar-refractivity contribution >= 4 is 12.1 Å². The van der Waals surface area contributed by atoms with Gasteiger partial charge in [-0.3, -0.25) is 4.90 Å². The highest BCUT2D eigenvalue weighted by atomic mass is 16.6. The number of ether oxygens (including phenoxy) is 2.